The molecule has 4 nitrogen and oxygen atoms in total. The summed E-state index contributed by atoms with van der Waals surface area (Å²) in [6.07, 6.45) is 1.66. The average Bonchev–Trinajstić information content (AvgIpc) is 2.38. The van der Waals surface area contributed by atoms with Crippen LogP contribution in [0.3, 0.4) is 0 Å². The van der Waals surface area contributed by atoms with E-state index in [1.165, 1.54) is 19.3 Å². The Bertz CT molecular complexity index is 450. The van der Waals surface area contributed by atoms with E-state index >= 15 is 0 Å². The van der Waals surface area contributed by atoms with Gasteiger partial charge in [-0.15, -0.1) is 0 Å². The van der Waals surface area contributed by atoms with Gasteiger partial charge in [0.05, 0.1) is 7.11 Å². The summed E-state index contributed by atoms with van der Waals surface area (Å²) < 4.78 is 33.7. The molecular weight excluding hydrogens is 256 g/mol. The molecule has 0 bridgehead atoms. The lowest BCUT2D eigenvalue weighted by Crippen LogP contribution is -2.23. The molecule has 1 amide bonds. The monoisotopic (exact) mass is 271 g/mol. The number of rotatable bonds is 7. The van der Waals surface area contributed by atoms with Gasteiger partial charge < -0.3 is 14.8 Å². The molecule has 19 heavy (non-hydrogen) atoms. The van der Waals surface area contributed by atoms with Crippen molar-refractivity contribution in [2.45, 2.75) is 13.0 Å². The summed E-state index contributed by atoms with van der Waals surface area (Å²) in [4.78, 5) is 10.9. The van der Waals surface area contributed by atoms with E-state index in [1.54, 1.807) is 12.1 Å². The van der Waals surface area contributed by atoms with E-state index in [2.05, 4.69) is 16.6 Å². The maximum absolute atomic E-state index is 12.2. The molecule has 0 heterocycles. The van der Waals surface area contributed by atoms with Crippen LogP contribution in [-0.2, 0) is 11.2 Å². The van der Waals surface area contributed by atoms with Crippen molar-refractivity contribution in [1.82, 2.24) is 5.32 Å². The number of halogens is 2. The summed E-state index contributed by atoms with van der Waals surface area (Å²) in [5.41, 5.74) is 0.751. The van der Waals surface area contributed by atoms with Crippen LogP contribution in [0, 0.1) is 0 Å². The van der Waals surface area contributed by atoms with Crippen molar-refractivity contribution in [1.29, 1.82) is 0 Å². The highest BCUT2D eigenvalue weighted by atomic mass is 19.3. The smallest absolute Gasteiger partial charge is 0.387 e. The SMILES string of the molecule is C=CC(=O)NCCc1ccc(OC)c(OC(F)F)c1. The molecule has 1 aromatic rings. The van der Waals surface area contributed by atoms with Gasteiger partial charge >= 0.3 is 6.61 Å². The Balaban J connectivity index is 2.69. The van der Waals surface area contributed by atoms with Crippen LogP contribution in [0.4, 0.5) is 8.78 Å². The molecule has 0 saturated heterocycles. The van der Waals surface area contributed by atoms with E-state index in [-0.39, 0.29) is 17.4 Å². The maximum atomic E-state index is 12.2. The zero-order valence-electron chi connectivity index (χ0n) is 10.5. The minimum Gasteiger partial charge on any atom is -0.493 e. The van der Waals surface area contributed by atoms with Crippen molar-refractivity contribution in [3.05, 3.63) is 36.4 Å². The van der Waals surface area contributed by atoms with E-state index in [0.29, 0.717) is 13.0 Å². The van der Waals surface area contributed by atoms with Crippen LogP contribution in [-0.4, -0.2) is 26.2 Å². The lowest BCUT2D eigenvalue weighted by atomic mass is 10.1. The highest BCUT2D eigenvalue weighted by Crippen LogP contribution is 2.29. The largest absolute Gasteiger partial charge is 0.493 e. The maximum Gasteiger partial charge on any atom is 0.387 e. The molecule has 1 N–H and O–H groups in total. The Morgan fingerprint density at radius 3 is 2.79 bits per heavy atom. The van der Waals surface area contributed by atoms with E-state index in [9.17, 15) is 13.6 Å². The molecule has 0 fully saturated rings. The van der Waals surface area contributed by atoms with Gasteiger partial charge in [0.15, 0.2) is 11.5 Å². The summed E-state index contributed by atoms with van der Waals surface area (Å²) in [5, 5.41) is 2.59. The van der Waals surface area contributed by atoms with E-state index in [4.69, 9.17) is 4.74 Å². The third kappa shape index (κ3) is 4.95. The summed E-state index contributed by atoms with van der Waals surface area (Å²) in [5.74, 6) is -0.0678. The lowest BCUT2D eigenvalue weighted by Gasteiger charge is -2.11. The number of amides is 1. The fourth-order valence-electron chi connectivity index (χ4n) is 1.47. The molecule has 6 heteroatoms. The van der Waals surface area contributed by atoms with Crippen molar-refractivity contribution >= 4 is 5.91 Å². The van der Waals surface area contributed by atoms with Gasteiger partial charge in [-0.3, -0.25) is 4.79 Å². The molecular formula is C13H15F2NO3. The number of carbonyl (C=O) groups is 1. The second-order valence-corrected chi connectivity index (χ2v) is 3.61. The third-order valence-corrected chi connectivity index (χ3v) is 2.34. The number of ether oxygens (including phenoxy) is 2. The topological polar surface area (TPSA) is 47.6 Å². The van der Waals surface area contributed by atoms with Gasteiger partial charge in [0, 0.05) is 6.54 Å². The van der Waals surface area contributed by atoms with Crippen LogP contribution in [0.5, 0.6) is 11.5 Å². The Morgan fingerprint density at radius 2 is 2.21 bits per heavy atom. The van der Waals surface area contributed by atoms with Gasteiger partial charge in [-0.1, -0.05) is 12.6 Å². The zero-order chi connectivity index (χ0) is 14.3. The number of carbonyl (C=O) groups excluding carboxylic acids is 1. The molecule has 0 aliphatic rings. The van der Waals surface area contributed by atoms with Crippen molar-refractivity contribution in [3.8, 4) is 11.5 Å². The van der Waals surface area contributed by atoms with Crippen LogP contribution in [0.25, 0.3) is 0 Å². The average molecular weight is 271 g/mol. The molecule has 0 unspecified atom stereocenters. The normalized spacial score (nSPS) is 10.1. The minimum atomic E-state index is -2.91. The standard InChI is InChI=1S/C13H15F2NO3/c1-3-12(17)16-7-6-9-4-5-10(18-2)11(8-9)19-13(14)15/h3-5,8,13H,1,6-7H2,2H3,(H,16,17). The van der Waals surface area contributed by atoms with Gasteiger partial charge in [-0.2, -0.15) is 8.78 Å². The minimum absolute atomic E-state index is 0.0231. The van der Waals surface area contributed by atoms with Gasteiger partial charge in [-0.05, 0) is 30.2 Å². The molecule has 0 aliphatic carbocycles. The quantitative estimate of drug-likeness (QED) is 0.773. The van der Waals surface area contributed by atoms with Gasteiger partial charge in [-0.25, -0.2) is 0 Å². The van der Waals surface area contributed by atoms with E-state index in [1.807, 2.05) is 0 Å². The van der Waals surface area contributed by atoms with Crippen molar-refractivity contribution in [2.24, 2.45) is 0 Å². The molecule has 0 saturated carbocycles. The molecule has 1 aromatic carbocycles. The van der Waals surface area contributed by atoms with Crippen LogP contribution >= 0.6 is 0 Å². The molecule has 104 valence electrons. The Kier molecular flexibility index (Phi) is 5.78. The second-order valence-electron chi connectivity index (χ2n) is 3.61. The summed E-state index contributed by atoms with van der Waals surface area (Å²) in [6, 6.07) is 4.73. The molecule has 0 aromatic heterocycles. The Hall–Kier alpha value is -2.11. The first-order valence-electron chi connectivity index (χ1n) is 5.58. The van der Waals surface area contributed by atoms with Gasteiger partial charge in [0.25, 0.3) is 0 Å². The summed E-state index contributed by atoms with van der Waals surface area (Å²) in [7, 11) is 1.37. The van der Waals surface area contributed by atoms with Crippen LogP contribution in [0.2, 0.25) is 0 Å². The molecule has 0 radical (unpaired) electrons. The number of hydrogen-bond donors (Lipinski definition) is 1. The number of hydrogen-bond acceptors (Lipinski definition) is 3. The first-order chi connectivity index (χ1) is 9.06. The summed E-state index contributed by atoms with van der Waals surface area (Å²) in [6.45, 7) is 0.792. The zero-order valence-corrected chi connectivity index (χ0v) is 10.5. The number of benzene rings is 1. The van der Waals surface area contributed by atoms with Crippen molar-refractivity contribution in [3.63, 3.8) is 0 Å². The predicted octanol–water partition coefficient (Wildman–Crippen LogP) is 2.14. The van der Waals surface area contributed by atoms with Crippen molar-refractivity contribution in [2.75, 3.05) is 13.7 Å². The second kappa shape index (κ2) is 7.35. The number of nitrogens with one attached hydrogen (secondary N) is 1. The Morgan fingerprint density at radius 1 is 1.47 bits per heavy atom. The van der Waals surface area contributed by atoms with Gasteiger partial charge in [0.2, 0.25) is 5.91 Å². The lowest BCUT2D eigenvalue weighted by molar-refractivity contribution is -0.116. The van der Waals surface area contributed by atoms with Crippen LogP contribution < -0.4 is 14.8 Å². The highest BCUT2D eigenvalue weighted by Gasteiger charge is 2.11. The van der Waals surface area contributed by atoms with E-state index < -0.39 is 6.61 Å². The third-order valence-electron chi connectivity index (χ3n) is 2.34. The first kappa shape index (κ1) is 14.9. The van der Waals surface area contributed by atoms with Crippen LogP contribution in [0.1, 0.15) is 5.56 Å². The van der Waals surface area contributed by atoms with Gasteiger partial charge in [0.1, 0.15) is 0 Å². The summed E-state index contributed by atoms with van der Waals surface area (Å²) >= 11 is 0. The van der Waals surface area contributed by atoms with Crippen LogP contribution in [0.15, 0.2) is 30.9 Å². The molecule has 0 atom stereocenters. The Labute approximate surface area is 110 Å². The molecule has 0 aliphatic heterocycles. The first-order valence-corrected chi connectivity index (χ1v) is 5.58. The fraction of sp³-hybridized carbons (Fsp3) is 0.308. The number of methoxy groups -OCH3 is 1. The van der Waals surface area contributed by atoms with E-state index in [0.717, 1.165) is 5.56 Å². The number of alkyl halides is 2. The predicted molar refractivity (Wildman–Crippen MR) is 66.5 cm³/mol. The highest BCUT2D eigenvalue weighted by molar-refractivity contribution is 5.86. The molecule has 1 rings (SSSR count). The fourth-order valence-corrected chi connectivity index (χ4v) is 1.47. The molecule has 0 spiro atoms. The van der Waals surface area contributed by atoms with Crippen molar-refractivity contribution < 1.29 is 23.0 Å².